The Kier molecular flexibility index (Phi) is 7.97. The van der Waals surface area contributed by atoms with Crippen LogP contribution in [-0.4, -0.2) is 55.0 Å². The van der Waals surface area contributed by atoms with E-state index in [0.717, 1.165) is 32.0 Å². The Morgan fingerprint density at radius 3 is 2.22 bits per heavy atom. The Balaban J connectivity index is 0.00000162. The van der Waals surface area contributed by atoms with E-state index in [1.54, 1.807) is 0 Å². The average molecular weight is 366 g/mol. The smallest absolute Gasteiger partial charge is 0.191 e. The number of hydrogen-bond acceptors (Lipinski definition) is 2. The molecule has 0 saturated carbocycles. The monoisotopic (exact) mass is 366 g/mol. The van der Waals surface area contributed by atoms with Crippen molar-refractivity contribution in [1.82, 2.24) is 9.80 Å². The predicted octanol–water partition coefficient (Wildman–Crippen LogP) is 1.89. The van der Waals surface area contributed by atoms with Gasteiger partial charge in [0.2, 0.25) is 0 Å². The quantitative estimate of drug-likeness (QED) is 0.358. The third-order valence-electron chi connectivity index (χ3n) is 3.78. The van der Waals surface area contributed by atoms with E-state index in [1.807, 2.05) is 0 Å². The minimum atomic E-state index is 0. The first-order valence-electron chi connectivity index (χ1n) is 7.13. The van der Waals surface area contributed by atoms with E-state index in [9.17, 15) is 0 Å². The van der Waals surface area contributed by atoms with Gasteiger partial charge in [-0.25, -0.2) is 0 Å². The van der Waals surface area contributed by atoms with Crippen LogP contribution in [-0.2, 0) is 0 Å². The normalized spacial score (nSPS) is 22.0. The largest absolute Gasteiger partial charge is 0.370 e. The van der Waals surface area contributed by atoms with Crippen LogP contribution < -0.4 is 5.73 Å². The summed E-state index contributed by atoms with van der Waals surface area (Å²) in [5.74, 6) is 0.770. The van der Waals surface area contributed by atoms with Crippen LogP contribution in [0.1, 0.15) is 38.5 Å². The van der Waals surface area contributed by atoms with Crippen molar-refractivity contribution in [3.05, 3.63) is 0 Å². The SMILES string of the molecule is I.NC(=NCCCN1CCCC1)N1CCCCC1. The molecule has 0 atom stereocenters. The van der Waals surface area contributed by atoms with E-state index in [-0.39, 0.29) is 24.0 Å². The fourth-order valence-electron chi connectivity index (χ4n) is 2.72. The van der Waals surface area contributed by atoms with E-state index >= 15 is 0 Å². The van der Waals surface area contributed by atoms with E-state index in [1.165, 1.54) is 51.7 Å². The first-order valence-corrected chi connectivity index (χ1v) is 7.13. The zero-order valence-corrected chi connectivity index (χ0v) is 13.6. The van der Waals surface area contributed by atoms with Crippen molar-refractivity contribution in [2.75, 3.05) is 39.3 Å². The molecule has 0 aromatic rings. The molecule has 2 heterocycles. The van der Waals surface area contributed by atoms with Crippen molar-refractivity contribution in [2.45, 2.75) is 38.5 Å². The van der Waals surface area contributed by atoms with E-state index in [0.29, 0.717) is 0 Å². The number of nitrogens with two attached hydrogens (primary N) is 1. The van der Waals surface area contributed by atoms with Crippen LogP contribution in [0.2, 0.25) is 0 Å². The second kappa shape index (κ2) is 8.96. The molecule has 2 aliphatic heterocycles. The van der Waals surface area contributed by atoms with Crippen molar-refractivity contribution in [3.8, 4) is 0 Å². The Morgan fingerprint density at radius 1 is 0.944 bits per heavy atom. The minimum Gasteiger partial charge on any atom is -0.370 e. The number of likely N-dealkylation sites (tertiary alicyclic amines) is 2. The van der Waals surface area contributed by atoms with Gasteiger partial charge in [0.1, 0.15) is 0 Å². The molecule has 0 amide bonds. The lowest BCUT2D eigenvalue weighted by Gasteiger charge is -2.27. The molecule has 2 rings (SSSR count). The summed E-state index contributed by atoms with van der Waals surface area (Å²) >= 11 is 0. The van der Waals surface area contributed by atoms with Gasteiger partial charge >= 0.3 is 0 Å². The van der Waals surface area contributed by atoms with Gasteiger partial charge in [-0.05, 0) is 58.2 Å². The topological polar surface area (TPSA) is 44.9 Å². The van der Waals surface area contributed by atoms with Crippen molar-refractivity contribution in [2.24, 2.45) is 10.7 Å². The fraction of sp³-hybridized carbons (Fsp3) is 0.923. The Morgan fingerprint density at radius 2 is 1.56 bits per heavy atom. The molecule has 0 radical (unpaired) electrons. The van der Waals surface area contributed by atoms with E-state index < -0.39 is 0 Å². The van der Waals surface area contributed by atoms with Crippen molar-refractivity contribution in [3.63, 3.8) is 0 Å². The number of aliphatic imine (C=N–C) groups is 1. The number of guanidine groups is 1. The lowest BCUT2D eigenvalue weighted by atomic mass is 10.1. The molecule has 4 nitrogen and oxygen atoms in total. The third kappa shape index (κ3) is 5.30. The molecular weight excluding hydrogens is 339 g/mol. The van der Waals surface area contributed by atoms with Crippen LogP contribution in [0.25, 0.3) is 0 Å². The number of hydrogen-bond donors (Lipinski definition) is 1. The van der Waals surface area contributed by atoms with E-state index in [2.05, 4.69) is 14.8 Å². The standard InChI is InChI=1S/C13H26N4.HI/c14-13(17-11-2-1-3-12-17)15-7-6-10-16-8-4-5-9-16;/h1-12H2,(H2,14,15);1H. The van der Waals surface area contributed by atoms with Crippen molar-refractivity contribution in [1.29, 1.82) is 0 Å². The molecule has 0 aromatic heterocycles. The van der Waals surface area contributed by atoms with Gasteiger partial charge in [-0.1, -0.05) is 0 Å². The summed E-state index contributed by atoms with van der Waals surface area (Å²) in [5, 5.41) is 0. The Labute approximate surface area is 128 Å². The van der Waals surface area contributed by atoms with Gasteiger partial charge in [-0.15, -0.1) is 24.0 Å². The minimum absolute atomic E-state index is 0. The molecule has 106 valence electrons. The zero-order valence-electron chi connectivity index (χ0n) is 11.3. The molecule has 5 heteroatoms. The summed E-state index contributed by atoms with van der Waals surface area (Å²) in [4.78, 5) is 9.27. The lowest BCUT2D eigenvalue weighted by Crippen LogP contribution is -2.41. The van der Waals surface area contributed by atoms with Crippen LogP contribution in [0.3, 0.4) is 0 Å². The summed E-state index contributed by atoms with van der Waals surface area (Å²) in [6.07, 6.45) is 7.78. The van der Waals surface area contributed by atoms with Gasteiger partial charge in [-0.3, -0.25) is 4.99 Å². The number of piperidine rings is 1. The highest BCUT2D eigenvalue weighted by Gasteiger charge is 2.12. The van der Waals surface area contributed by atoms with Crippen LogP contribution in [0.5, 0.6) is 0 Å². The van der Waals surface area contributed by atoms with Gasteiger partial charge in [0.05, 0.1) is 0 Å². The number of halogens is 1. The maximum absolute atomic E-state index is 6.00. The highest BCUT2D eigenvalue weighted by Crippen LogP contribution is 2.09. The van der Waals surface area contributed by atoms with Gasteiger partial charge in [0.15, 0.2) is 5.96 Å². The second-order valence-electron chi connectivity index (χ2n) is 5.19. The van der Waals surface area contributed by atoms with Gasteiger partial charge in [0.25, 0.3) is 0 Å². The molecule has 0 aromatic carbocycles. The number of nitrogens with zero attached hydrogens (tertiary/aromatic N) is 3. The van der Waals surface area contributed by atoms with Crippen LogP contribution in [0, 0.1) is 0 Å². The Hall–Kier alpha value is -0.0400. The molecule has 2 aliphatic rings. The predicted molar refractivity (Wildman–Crippen MR) is 87.6 cm³/mol. The molecule has 0 unspecified atom stereocenters. The van der Waals surface area contributed by atoms with Crippen LogP contribution in [0.15, 0.2) is 4.99 Å². The molecular formula is C13H27IN4. The molecule has 18 heavy (non-hydrogen) atoms. The first kappa shape index (κ1) is 16.0. The summed E-state index contributed by atoms with van der Waals surface area (Å²) in [6.45, 7) is 6.84. The highest BCUT2D eigenvalue weighted by atomic mass is 127. The van der Waals surface area contributed by atoms with Crippen LogP contribution >= 0.6 is 24.0 Å². The summed E-state index contributed by atoms with van der Waals surface area (Å²) in [5.41, 5.74) is 6.00. The van der Waals surface area contributed by atoms with Crippen molar-refractivity contribution >= 4 is 29.9 Å². The van der Waals surface area contributed by atoms with Gasteiger partial charge in [-0.2, -0.15) is 0 Å². The number of rotatable bonds is 4. The third-order valence-corrected chi connectivity index (χ3v) is 3.78. The zero-order chi connectivity index (χ0) is 11.9. The average Bonchev–Trinajstić information content (AvgIpc) is 2.88. The molecule has 2 saturated heterocycles. The first-order chi connectivity index (χ1) is 8.36. The van der Waals surface area contributed by atoms with Crippen LogP contribution in [0.4, 0.5) is 0 Å². The highest BCUT2D eigenvalue weighted by molar-refractivity contribution is 14.0. The summed E-state index contributed by atoms with van der Waals surface area (Å²) < 4.78 is 0. The maximum atomic E-state index is 6.00. The van der Waals surface area contributed by atoms with E-state index in [4.69, 9.17) is 5.73 Å². The summed E-state index contributed by atoms with van der Waals surface area (Å²) in [7, 11) is 0. The Bertz CT molecular complexity index is 245. The maximum Gasteiger partial charge on any atom is 0.191 e. The molecule has 0 aliphatic carbocycles. The molecule has 2 N–H and O–H groups in total. The lowest BCUT2D eigenvalue weighted by molar-refractivity contribution is 0.330. The molecule has 0 spiro atoms. The van der Waals surface area contributed by atoms with Gasteiger partial charge in [0, 0.05) is 19.6 Å². The van der Waals surface area contributed by atoms with Gasteiger partial charge < -0.3 is 15.5 Å². The molecule has 2 fully saturated rings. The summed E-state index contributed by atoms with van der Waals surface area (Å²) in [6, 6.07) is 0. The second-order valence-corrected chi connectivity index (χ2v) is 5.19. The van der Waals surface area contributed by atoms with Crippen molar-refractivity contribution < 1.29 is 0 Å². The molecule has 0 bridgehead atoms. The fourth-order valence-corrected chi connectivity index (χ4v) is 2.72.